The standard InChI is InChI=1S/C4H3N3/c5-1-4-2-6-7-3-4/h2-3H,(H,6,7)/i2D,3D/hD. The summed E-state index contributed by atoms with van der Waals surface area (Å²) in [5, 5.41) is 12.0. The first-order valence-electron chi connectivity index (χ1n) is 3.07. The number of rotatable bonds is 0. The Morgan fingerprint density at radius 1 is 2.29 bits per heavy atom. The summed E-state index contributed by atoms with van der Waals surface area (Å²) in [5.41, 5.74) is -0.157. The summed E-state index contributed by atoms with van der Waals surface area (Å²) in [6, 6.07) is 1.61. The van der Waals surface area contributed by atoms with E-state index in [0.29, 0.717) is 5.09 Å². The summed E-state index contributed by atoms with van der Waals surface area (Å²) in [6.07, 6.45) is -0.657. The van der Waals surface area contributed by atoms with Gasteiger partial charge >= 0.3 is 0 Å². The minimum atomic E-state index is -0.340. The van der Waals surface area contributed by atoms with Crippen LogP contribution in [0.2, 0.25) is 1.41 Å². The average Bonchev–Trinajstić information content (AvgIpc) is 2.09. The van der Waals surface area contributed by atoms with Crippen molar-refractivity contribution in [2.24, 2.45) is 0 Å². The number of aromatic nitrogens is 2. The van der Waals surface area contributed by atoms with Crippen molar-refractivity contribution in [3.63, 3.8) is 0 Å². The molecule has 0 aliphatic heterocycles. The molecule has 0 radical (unpaired) electrons. The monoisotopic (exact) mass is 96.1 g/mol. The third kappa shape index (κ3) is 0.578. The molecule has 1 aromatic heterocycles. The molecule has 1 rings (SSSR count). The topological polar surface area (TPSA) is 52.5 Å². The largest absolute Gasteiger partial charge is 0.284 e. The molecule has 1 N–H and O–H groups in total. The second kappa shape index (κ2) is 1.43. The van der Waals surface area contributed by atoms with E-state index >= 15 is 0 Å². The highest BCUT2D eigenvalue weighted by Gasteiger charge is 1.82. The van der Waals surface area contributed by atoms with Crippen molar-refractivity contribution in [2.45, 2.75) is 0 Å². The maximum Gasteiger partial charge on any atom is 0.189 e. The number of nitriles is 1. The van der Waals surface area contributed by atoms with Crippen LogP contribution in [0.25, 0.3) is 0 Å². The van der Waals surface area contributed by atoms with Gasteiger partial charge in [-0.05, 0) is 0 Å². The van der Waals surface area contributed by atoms with Gasteiger partial charge in [0.15, 0.2) is 1.41 Å². The zero-order chi connectivity index (χ0) is 7.72. The Morgan fingerprint density at radius 3 is 3.43 bits per heavy atom. The Morgan fingerprint density at radius 2 is 3.14 bits per heavy atom. The molecule has 3 heteroatoms. The summed E-state index contributed by atoms with van der Waals surface area (Å²) in [7, 11) is 0. The molecular weight excluding hydrogens is 90.1 g/mol. The first kappa shape index (κ1) is 1.66. The van der Waals surface area contributed by atoms with Crippen LogP contribution in [0.5, 0.6) is 0 Å². The van der Waals surface area contributed by atoms with Crippen LogP contribution in [-0.2, 0) is 0 Å². The molecule has 0 bridgehead atoms. The molecule has 1 aromatic rings. The van der Waals surface area contributed by atoms with Gasteiger partial charge < -0.3 is 0 Å². The normalized spacial score (nSPS) is 13.9. The van der Waals surface area contributed by atoms with Crippen molar-refractivity contribution in [3.8, 4) is 6.07 Å². The molecule has 3 nitrogen and oxygen atoms in total. The van der Waals surface area contributed by atoms with Gasteiger partial charge in [-0.2, -0.15) is 10.4 Å². The van der Waals surface area contributed by atoms with Gasteiger partial charge in [0, 0.05) is 6.17 Å². The lowest BCUT2D eigenvalue weighted by molar-refractivity contribution is 1.09. The van der Waals surface area contributed by atoms with Gasteiger partial charge in [0.05, 0.1) is 14.5 Å². The summed E-state index contributed by atoms with van der Waals surface area (Å²) in [4.78, 5) is 0. The van der Waals surface area contributed by atoms with Crippen molar-refractivity contribution in [1.29, 1.82) is 5.26 Å². The SMILES string of the molecule is [2H]c1nn([2H])c([2H])c1C#N. The maximum absolute atomic E-state index is 8.29. The van der Waals surface area contributed by atoms with E-state index in [9.17, 15) is 0 Å². The number of nitrogens with zero attached hydrogens (tertiary/aromatic N) is 2. The van der Waals surface area contributed by atoms with Crippen LogP contribution in [0.3, 0.4) is 0 Å². The van der Waals surface area contributed by atoms with Crippen molar-refractivity contribution >= 4 is 0 Å². The minimum Gasteiger partial charge on any atom is -0.284 e. The van der Waals surface area contributed by atoms with E-state index in [1.54, 1.807) is 6.07 Å². The molecular formula is C4H3N3. The number of aromatic amines is 1. The van der Waals surface area contributed by atoms with Gasteiger partial charge in [0.25, 0.3) is 0 Å². The molecule has 0 aliphatic carbocycles. The molecule has 34 valence electrons. The molecule has 0 fully saturated rings. The molecule has 0 saturated heterocycles. The predicted octanol–water partition coefficient (Wildman–Crippen LogP) is 0.281. The smallest absolute Gasteiger partial charge is 0.189 e. The summed E-state index contributed by atoms with van der Waals surface area (Å²) < 4.78 is 20.8. The maximum atomic E-state index is 8.29. The fraction of sp³-hybridized carbons (Fsp3) is 0. The van der Waals surface area contributed by atoms with Crippen LogP contribution >= 0.6 is 0 Å². The van der Waals surface area contributed by atoms with Gasteiger partial charge in [-0.3, -0.25) is 5.09 Å². The molecule has 0 unspecified atom stereocenters. The first-order chi connectivity index (χ1) is 4.66. The van der Waals surface area contributed by atoms with E-state index in [4.69, 9.17) is 9.42 Å². The van der Waals surface area contributed by atoms with Crippen LogP contribution in [0.4, 0.5) is 0 Å². The second-order valence-corrected chi connectivity index (χ2v) is 0.910. The Labute approximate surface area is 44.9 Å². The van der Waals surface area contributed by atoms with Crippen molar-refractivity contribution in [2.75, 3.05) is 0 Å². The zero-order valence-electron chi connectivity index (χ0n) is 6.34. The number of hydrogen-bond acceptors (Lipinski definition) is 2. The minimum absolute atomic E-state index is 0.157. The fourth-order valence-corrected chi connectivity index (χ4v) is 0.225. The highest BCUT2D eigenvalue weighted by molar-refractivity contribution is 5.20. The zero-order valence-corrected chi connectivity index (χ0v) is 3.34. The van der Waals surface area contributed by atoms with Crippen molar-refractivity contribution in [3.05, 3.63) is 17.9 Å². The molecule has 0 amide bonds. The molecule has 7 heavy (non-hydrogen) atoms. The van der Waals surface area contributed by atoms with Crippen molar-refractivity contribution < 1.29 is 4.15 Å². The van der Waals surface area contributed by atoms with E-state index in [2.05, 4.69) is 5.10 Å². The Balaban J connectivity index is 3.37. The van der Waals surface area contributed by atoms with Crippen LogP contribution < -0.4 is 0 Å². The first-order valence-corrected chi connectivity index (χ1v) is 1.62. The van der Waals surface area contributed by atoms with Gasteiger partial charge in [-0.1, -0.05) is 0 Å². The summed E-state index contributed by atoms with van der Waals surface area (Å²) in [6.45, 7) is 0. The van der Waals surface area contributed by atoms with Crippen LogP contribution in [0.15, 0.2) is 12.3 Å². The van der Waals surface area contributed by atoms with E-state index in [0.717, 1.165) is 0 Å². The molecule has 0 aliphatic rings. The van der Waals surface area contributed by atoms with Crippen LogP contribution in [0.1, 0.15) is 8.30 Å². The Bertz CT molecular complexity index is 297. The van der Waals surface area contributed by atoms with E-state index in [-0.39, 0.29) is 17.9 Å². The van der Waals surface area contributed by atoms with E-state index in [1.165, 1.54) is 0 Å². The Hall–Kier alpha value is -1.30. The van der Waals surface area contributed by atoms with E-state index in [1.807, 2.05) is 0 Å². The molecule has 1 heterocycles. The summed E-state index contributed by atoms with van der Waals surface area (Å²) in [5.74, 6) is 0. The van der Waals surface area contributed by atoms with Crippen LogP contribution in [0, 0.1) is 11.3 Å². The Kier molecular flexibility index (Phi) is 0.341. The third-order valence-corrected chi connectivity index (χ3v) is 0.485. The van der Waals surface area contributed by atoms with Gasteiger partial charge in [0.2, 0.25) is 0 Å². The quantitative estimate of drug-likeness (QED) is 0.504. The van der Waals surface area contributed by atoms with Gasteiger partial charge in [-0.25, -0.2) is 0 Å². The van der Waals surface area contributed by atoms with Gasteiger partial charge in [0.1, 0.15) is 6.07 Å². The second-order valence-electron chi connectivity index (χ2n) is 0.910. The molecule has 0 aromatic carbocycles. The lowest BCUT2D eigenvalue weighted by Crippen LogP contribution is -1.56. The van der Waals surface area contributed by atoms with E-state index < -0.39 is 0 Å². The number of nitrogens with one attached hydrogen (secondary N) is 1. The molecule has 0 saturated carbocycles. The predicted molar refractivity (Wildman–Crippen MR) is 23.3 cm³/mol. The van der Waals surface area contributed by atoms with Gasteiger partial charge in [-0.15, -0.1) is 0 Å². The highest BCUT2D eigenvalue weighted by Crippen LogP contribution is 1.85. The lowest BCUT2D eigenvalue weighted by atomic mass is 10.4. The van der Waals surface area contributed by atoms with Crippen molar-refractivity contribution in [1.82, 2.24) is 10.2 Å². The average molecular weight is 96.1 g/mol. The highest BCUT2D eigenvalue weighted by atomic mass is 15.1. The fourth-order valence-electron chi connectivity index (χ4n) is 0.225. The van der Waals surface area contributed by atoms with Crippen LogP contribution in [-0.4, -0.2) is 10.2 Å². The number of H-pyrrole nitrogens is 1. The summed E-state index contributed by atoms with van der Waals surface area (Å²) >= 11 is 0. The number of hydrogen-bond donors (Lipinski definition) is 1. The molecule has 0 atom stereocenters. The lowest BCUT2D eigenvalue weighted by Gasteiger charge is -1.59. The molecule has 0 spiro atoms. The third-order valence-electron chi connectivity index (χ3n) is 0.485.